The highest BCUT2D eigenvalue weighted by Gasteiger charge is 2.34. The average Bonchev–Trinajstić information content (AvgIpc) is 3.38. The standard InChI is InChI=1S/C23H23N3O3/c27-22(14-17-15-24-19-7-3-2-6-18(17)19)25-9-11-26(12-10-25)23(28)21-13-16-5-1-4-8-20(16)29-21/h1-8,15,21,24H,9-14H2. The van der Waals surface area contributed by atoms with E-state index in [0.717, 1.165) is 27.8 Å². The minimum absolute atomic E-state index is 0.0185. The first-order chi connectivity index (χ1) is 14.2. The van der Waals surface area contributed by atoms with Crippen LogP contribution in [-0.2, 0) is 22.4 Å². The van der Waals surface area contributed by atoms with Gasteiger partial charge in [-0.1, -0.05) is 36.4 Å². The number of fused-ring (bicyclic) bond motifs is 2. The first kappa shape index (κ1) is 17.8. The van der Waals surface area contributed by atoms with Gasteiger partial charge in [-0.2, -0.15) is 0 Å². The van der Waals surface area contributed by atoms with Crippen LogP contribution in [0.4, 0.5) is 0 Å². The molecule has 1 fully saturated rings. The molecule has 6 nitrogen and oxygen atoms in total. The van der Waals surface area contributed by atoms with E-state index < -0.39 is 6.10 Å². The van der Waals surface area contributed by atoms with E-state index in [1.807, 2.05) is 64.5 Å². The smallest absolute Gasteiger partial charge is 0.264 e. The normalized spacial score (nSPS) is 18.6. The van der Waals surface area contributed by atoms with Gasteiger partial charge in [0.25, 0.3) is 5.91 Å². The van der Waals surface area contributed by atoms with Crippen LogP contribution in [0.25, 0.3) is 10.9 Å². The van der Waals surface area contributed by atoms with Gasteiger partial charge in [0, 0.05) is 49.7 Å². The second-order valence-corrected chi connectivity index (χ2v) is 7.66. The van der Waals surface area contributed by atoms with Gasteiger partial charge in [-0.3, -0.25) is 9.59 Å². The summed E-state index contributed by atoms with van der Waals surface area (Å²) < 4.78 is 5.83. The summed E-state index contributed by atoms with van der Waals surface area (Å²) in [5, 5.41) is 1.09. The van der Waals surface area contributed by atoms with E-state index in [1.165, 1.54) is 0 Å². The van der Waals surface area contributed by atoms with Gasteiger partial charge in [-0.15, -0.1) is 0 Å². The van der Waals surface area contributed by atoms with Crippen LogP contribution in [0, 0.1) is 0 Å². The number of nitrogens with one attached hydrogen (secondary N) is 1. The van der Waals surface area contributed by atoms with E-state index in [-0.39, 0.29) is 11.8 Å². The summed E-state index contributed by atoms with van der Waals surface area (Å²) in [5.74, 6) is 0.926. The van der Waals surface area contributed by atoms with Crippen LogP contribution in [-0.4, -0.2) is 58.9 Å². The maximum absolute atomic E-state index is 12.8. The summed E-state index contributed by atoms with van der Waals surface area (Å²) in [6.45, 7) is 2.22. The summed E-state index contributed by atoms with van der Waals surface area (Å²) in [5.41, 5.74) is 3.14. The molecule has 0 saturated carbocycles. The van der Waals surface area contributed by atoms with Crippen LogP contribution in [0.3, 0.4) is 0 Å². The van der Waals surface area contributed by atoms with E-state index >= 15 is 0 Å². The van der Waals surface area contributed by atoms with Crippen LogP contribution >= 0.6 is 0 Å². The molecule has 2 amide bonds. The third-order valence-electron chi connectivity index (χ3n) is 5.88. The van der Waals surface area contributed by atoms with Gasteiger partial charge in [0.05, 0.1) is 6.42 Å². The number of para-hydroxylation sites is 2. The number of hydrogen-bond donors (Lipinski definition) is 1. The Balaban J connectivity index is 1.17. The summed E-state index contributed by atoms with van der Waals surface area (Å²) in [6.07, 6.45) is 2.46. The summed E-state index contributed by atoms with van der Waals surface area (Å²) >= 11 is 0. The minimum atomic E-state index is -0.444. The van der Waals surface area contributed by atoms with Crippen LogP contribution in [0.15, 0.2) is 54.7 Å². The molecular formula is C23H23N3O3. The number of H-pyrrole nitrogens is 1. The highest BCUT2D eigenvalue weighted by molar-refractivity contribution is 5.89. The Morgan fingerprint density at radius 2 is 1.69 bits per heavy atom. The van der Waals surface area contributed by atoms with Gasteiger partial charge in [-0.25, -0.2) is 0 Å². The summed E-state index contributed by atoms with van der Waals surface area (Å²) in [4.78, 5) is 32.5. The number of aromatic amines is 1. The Morgan fingerprint density at radius 3 is 2.52 bits per heavy atom. The second kappa shape index (κ2) is 7.28. The lowest BCUT2D eigenvalue weighted by Gasteiger charge is -2.35. The molecule has 1 unspecified atom stereocenters. The number of carbonyl (C=O) groups excluding carboxylic acids is 2. The number of aromatic nitrogens is 1. The Morgan fingerprint density at radius 1 is 0.966 bits per heavy atom. The van der Waals surface area contributed by atoms with Crippen molar-refractivity contribution < 1.29 is 14.3 Å². The minimum Gasteiger partial charge on any atom is -0.480 e. The molecule has 3 aromatic rings. The maximum Gasteiger partial charge on any atom is 0.264 e. The van der Waals surface area contributed by atoms with Gasteiger partial charge >= 0.3 is 0 Å². The molecule has 0 aliphatic carbocycles. The molecule has 2 aromatic carbocycles. The fourth-order valence-electron chi connectivity index (χ4n) is 4.25. The zero-order valence-electron chi connectivity index (χ0n) is 16.1. The lowest BCUT2D eigenvalue weighted by molar-refractivity contribution is -0.143. The fourth-order valence-corrected chi connectivity index (χ4v) is 4.25. The van der Waals surface area contributed by atoms with Crippen molar-refractivity contribution in [3.63, 3.8) is 0 Å². The Bertz CT molecular complexity index is 1040. The molecule has 2 aliphatic rings. The predicted molar refractivity (Wildman–Crippen MR) is 110 cm³/mol. The van der Waals surface area contributed by atoms with Gasteiger partial charge in [-0.05, 0) is 23.3 Å². The molecule has 1 saturated heterocycles. The first-order valence-corrected chi connectivity index (χ1v) is 10.0. The van der Waals surface area contributed by atoms with E-state index in [4.69, 9.17) is 4.74 Å². The Hall–Kier alpha value is -3.28. The summed E-state index contributed by atoms with van der Waals surface area (Å²) in [6, 6.07) is 15.8. The molecule has 2 aliphatic heterocycles. The number of rotatable bonds is 3. The van der Waals surface area contributed by atoms with Crippen LogP contribution in [0.5, 0.6) is 5.75 Å². The monoisotopic (exact) mass is 389 g/mol. The lowest BCUT2D eigenvalue weighted by Crippen LogP contribution is -2.53. The van der Waals surface area contributed by atoms with Crippen molar-refractivity contribution in [1.29, 1.82) is 0 Å². The van der Waals surface area contributed by atoms with Crippen molar-refractivity contribution in [2.24, 2.45) is 0 Å². The molecule has 6 heteroatoms. The predicted octanol–water partition coefficient (Wildman–Crippen LogP) is 2.38. The third-order valence-corrected chi connectivity index (χ3v) is 5.88. The van der Waals surface area contributed by atoms with Crippen molar-refractivity contribution in [1.82, 2.24) is 14.8 Å². The summed E-state index contributed by atoms with van der Waals surface area (Å²) in [7, 11) is 0. The fraction of sp³-hybridized carbons (Fsp3) is 0.304. The van der Waals surface area contributed by atoms with Crippen molar-refractivity contribution >= 4 is 22.7 Å². The number of nitrogens with zero attached hydrogens (tertiary/aromatic N) is 2. The number of carbonyl (C=O) groups is 2. The molecule has 0 bridgehead atoms. The molecular weight excluding hydrogens is 366 g/mol. The zero-order chi connectivity index (χ0) is 19.8. The molecule has 29 heavy (non-hydrogen) atoms. The van der Waals surface area contributed by atoms with E-state index in [9.17, 15) is 9.59 Å². The number of piperazine rings is 1. The number of ether oxygens (including phenoxy) is 1. The van der Waals surface area contributed by atoms with Crippen molar-refractivity contribution in [2.75, 3.05) is 26.2 Å². The molecule has 5 rings (SSSR count). The Labute approximate surface area is 169 Å². The maximum atomic E-state index is 12.8. The van der Waals surface area contributed by atoms with Gasteiger partial charge in [0.15, 0.2) is 6.10 Å². The zero-order valence-corrected chi connectivity index (χ0v) is 16.1. The number of benzene rings is 2. The van der Waals surface area contributed by atoms with Crippen molar-refractivity contribution in [2.45, 2.75) is 18.9 Å². The lowest BCUT2D eigenvalue weighted by atomic mass is 10.1. The van der Waals surface area contributed by atoms with Crippen LogP contribution in [0.2, 0.25) is 0 Å². The van der Waals surface area contributed by atoms with Crippen molar-refractivity contribution in [3.05, 3.63) is 65.9 Å². The average molecular weight is 389 g/mol. The van der Waals surface area contributed by atoms with E-state index in [1.54, 1.807) is 0 Å². The second-order valence-electron chi connectivity index (χ2n) is 7.66. The molecule has 0 spiro atoms. The highest BCUT2D eigenvalue weighted by Crippen LogP contribution is 2.29. The topological polar surface area (TPSA) is 65.6 Å². The number of amides is 2. The Kier molecular flexibility index (Phi) is 4.46. The first-order valence-electron chi connectivity index (χ1n) is 10.0. The van der Waals surface area contributed by atoms with Gasteiger partial charge < -0.3 is 19.5 Å². The molecule has 0 radical (unpaired) electrons. The molecule has 1 atom stereocenters. The number of hydrogen-bond acceptors (Lipinski definition) is 3. The van der Waals surface area contributed by atoms with Crippen LogP contribution < -0.4 is 4.74 Å². The van der Waals surface area contributed by atoms with Crippen LogP contribution in [0.1, 0.15) is 11.1 Å². The highest BCUT2D eigenvalue weighted by atomic mass is 16.5. The molecule has 1 N–H and O–H groups in total. The van der Waals surface area contributed by atoms with E-state index in [2.05, 4.69) is 4.98 Å². The van der Waals surface area contributed by atoms with Gasteiger partial charge in [0.2, 0.25) is 5.91 Å². The SMILES string of the molecule is O=C(Cc1c[nH]c2ccccc12)N1CCN(C(=O)C2Cc3ccccc3O2)CC1. The van der Waals surface area contributed by atoms with Crippen molar-refractivity contribution in [3.8, 4) is 5.75 Å². The molecule has 1 aromatic heterocycles. The van der Waals surface area contributed by atoms with Gasteiger partial charge in [0.1, 0.15) is 5.75 Å². The molecule has 3 heterocycles. The molecule has 148 valence electrons. The third kappa shape index (κ3) is 3.35. The largest absolute Gasteiger partial charge is 0.480 e. The quantitative estimate of drug-likeness (QED) is 0.748. The van der Waals surface area contributed by atoms with E-state index in [0.29, 0.717) is 39.0 Å².